The lowest BCUT2D eigenvalue weighted by molar-refractivity contribution is 0.0663. The Morgan fingerprint density at radius 1 is 1.33 bits per heavy atom. The van der Waals surface area contributed by atoms with E-state index in [9.17, 15) is 4.79 Å². The molecular weight excluding hydrogens is 298 g/mol. The van der Waals surface area contributed by atoms with Crippen LogP contribution in [-0.4, -0.2) is 11.1 Å². The minimum Gasteiger partial charge on any atom is -0.475 e. The van der Waals surface area contributed by atoms with Crippen molar-refractivity contribution in [3.8, 4) is 0 Å². The summed E-state index contributed by atoms with van der Waals surface area (Å²) in [6.07, 6.45) is 1.29. The monoisotopic (exact) mass is 306 g/mol. The molecule has 0 aliphatic heterocycles. The Bertz CT molecular complexity index is 631. The van der Waals surface area contributed by atoms with E-state index >= 15 is 0 Å². The van der Waals surface area contributed by atoms with E-state index in [2.05, 4.69) is 0 Å². The Morgan fingerprint density at radius 3 is 2.56 bits per heavy atom. The molecule has 2 rings (SSSR count). The van der Waals surface area contributed by atoms with Gasteiger partial charge < -0.3 is 9.52 Å². The Morgan fingerprint density at radius 2 is 2.00 bits per heavy atom. The molecule has 0 aliphatic rings. The van der Waals surface area contributed by atoms with E-state index in [1.807, 2.05) is 6.92 Å². The Labute approximate surface area is 118 Å². The Balaban J connectivity index is 2.90. The van der Waals surface area contributed by atoms with Crippen molar-refractivity contribution in [2.75, 3.05) is 0 Å². The zero-order chi connectivity index (χ0) is 13.4. The molecule has 1 aromatic heterocycles. The fourth-order valence-electron chi connectivity index (χ4n) is 1.89. The fourth-order valence-corrected chi connectivity index (χ4v) is 2.64. The standard InChI is InChI=1S/C12H9Cl3O3/c1-2-3-5-8-9(15)6(13)4-7(14)11(8)18-10(5)12(16)17/h4H,2-3H2,1H3,(H,16,17). The summed E-state index contributed by atoms with van der Waals surface area (Å²) in [6, 6.07) is 1.44. The van der Waals surface area contributed by atoms with Gasteiger partial charge in [0.25, 0.3) is 0 Å². The van der Waals surface area contributed by atoms with Gasteiger partial charge >= 0.3 is 5.97 Å². The van der Waals surface area contributed by atoms with Gasteiger partial charge in [-0.15, -0.1) is 0 Å². The van der Waals surface area contributed by atoms with Gasteiger partial charge in [-0.2, -0.15) is 0 Å². The molecule has 6 heteroatoms. The fraction of sp³-hybridized carbons (Fsp3) is 0.250. The minimum atomic E-state index is -1.14. The van der Waals surface area contributed by atoms with E-state index in [0.29, 0.717) is 17.4 Å². The summed E-state index contributed by atoms with van der Waals surface area (Å²) in [6.45, 7) is 1.94. The summed E-state index contributed by atoms with van der Waals surface area (Å²) >= 11 is 18.1. The molecule has 2 aromatic rings. The van der Waals surface area contributed by atoms with E-state index in [4.69, 9.17) is 44.3 Å². The van der Waals surface area contributed by atoms with Crippen LogP contribution in [0.3, 0.4) is 0 Å². The number of carbonyl (C=O) groups is 1. The second kappa shape index (κ2) is 5.00. The maximum Gasteiger partial charge on any atom is 0.372 e. The number of carboxylic acids is 1. The second-order valence-electron chi connectivity index (χ2n) is 3.82. The average molecular weight is 308 g/mol. The van der Waals surface area contributed by atoms with Crippen LogP contribution in [0.2, 0.25) is 15.1 Å². The average Bonchev–Trinajstić information content (AvgIpc) is 2.67. The molecule has 1 aromatic carbocycles. The van der Waals surface area contributed by atoms with Gasteiger partial charge in [-0.05, 0) is 12.5 Å². The van der Waals surface area contributed by atoms with Crippen LogP contribution in [0.1, 0.15) is 29.5 Å². The highest BCUT2D eigenvalue weighted by molar-refractivity contribution is 6.47. The molecule has 0 bridgehead atoms. The van der Waals surface area contributed by atoms with Crippen LogP contribution in [0.5, 0.6) is 0 Å². The third-order valence-electron chi connectivity index (χ3n) is 2.60. The molecule has 0 amide bonds. The van der Waals surface area contributed by atoms with Crippen molar-refractivity contribution in [3.63, 3.8) is 0 Å². The van der Waals surface area contributed by atoms with Crippen molar-refractivity contribution in [1.29, 1.82) is 0 Å². The van der Waals surface area contributed by atoms with Crippen molar-refractivity contribution in [2.24, 2.45) is 0 Å². The molecule has 0 saturated carbocycles. The lowest BCUT2D eigenvalue weighted by atomic mass is 10.1. The second-order valence-corrected chi connectivity index (χ2v) is 5.02. The van der Waals surface area contributed by atoms with Gasteiger partial charge in [-0.25, -0.2) is 4.79 Å². The van der Waals surface area contributed by atoms with Crippen LogP contribution in [0.25, 0.3) is 11.0 Å². The quantitative estimate of drug-likeness (QED) is 0.808. The number of aromatic carboxylic acids is 1. The molecule has 0 fully saturated rings. The number of benzene rings is 1. The van der Waals surface area contributed by atoms with Crippen molar-refractivity contribution in [2.45, 2.75) is 19.8 Å². The molecule has 1 N–H and O–H groups in total. The lowest BCUT2D eigenvalue weighted by Gasteiger charge is -2.01. The highest BCUT2D eigenvalue weighted by Crippen LogP contribution is 2.41. The first-order chi connectivity index (χ1) is 8.47. The third kappa shape index (κ3) is 2.07. The number of rotatable bonds is 3. The zero-order valence-corrected chi connectivity index (χ0v) is 11.7. The Hall–Kier alpha value is -0.900. The number of fused-ring (bicyclic) bond motifs is 1. The van der Waals surface area contributed by atoms with E-state index in [1.165, 1.54) is 6.07 Å². The largest absolute Gasteiger partial charge is 0.475 e. The number of hydrogen-bond donors (Lipinski definition) is 1. The smallest absolute Gasteiger partial charge is 0.372 e. The minimum absolute atomic E-state index is 0.127. The van der Waals surface area contributed by atoms with Gasteiger partial charge in [0.2, 0.25) is 5.76 Å². The molecule has 0 saturated heterocycles. The van der Waals surface area contributed by atoms with Crippen molar-refractivity contribution in [3.05, 3.63) is 32.5 Å². The van der Waals surface area contributed by atoms with Crippen LogP contribution in [0.15, 0.2) is 10.5 Å². The SMILES string of the molecule is CCCc1c(C(=O)O)oc2c(Cl)cc(Cl)c(Cl)c12. The first-order valence-electron chi connectivity index (χ1n) is 5.29. The van der Waals surface area contributed by atoms with E-state index in [0.717, 1.165) is 6.42 Å². The van der Waals surface area contributed by atoms with Crippen molar-refractivity contribution >= 4 is 51.7 Å². The predicted octanol–water partition coefficient (Wildman–Crippen LogP) is 5.04. The van der Waals surface area contributed by atoms with Crippen LogP contribution >= 0.6 is 34.8 Å². The first-order valence-corrected chi connectivity index (χ1v) is 6.42. The van der Waals surface area contributed by atoms with Gasteiger partial charge in [0.05, 0.1) is 15.1 Å². The maximum atomic E-state index is 11.2. The van der Waals surface area contributed by atoms with Crippen molar-refractivity contribution in [1.82, 2.24) is 0 Å². The van der Waals surface area contributed by atoms with Crippen molar-refractivity contribution < 1.29 is 14.3 Å². The molecule has 0 aliphatic carbocycles. The summed E-state index contributed by atoms with van der Waals surface area (Å²) in [7, 11) is 0. The molecule has 3 nitrogen and oxygen atoms in total. The highest BCUT2D eigenvalue weighted by atomic mass is 35.5. The molecule has 0 radical (unpaired) electrons. The van der Waals surface area contributed by atoms with E-state index in [-0.39, 0.29) is 26.4 Å². The topological polar surface area (TPSA) is 50.4 Å². The molecule has 0 spiro atoms. The number of hydrogen-bond acceptors (Lipinski definition) is 2. The first kappa shape index (κ1) is 13.5. The van der Waals surface area contributed by atoms with Crippen LogP contribution < -0.4 is 0 Å². The number of carboxylic acid groups (broad SMARTS) is 1. The molecule has 1 heterocycles. The summed E-state index contributed by atoms with van der Waals surface area (Å²) in [4.78, 5) is 11.2. The zero-order valence-electron chi connectivity index (χ0n) is 9.39. The maximum absolute atomic E-state index is 11.2. The van der Waals surface area contributed by atoms with Gasteiger partial charge in [0.15, 0.2) is 5.58 Å². The van der Waals surface area contributed by atoms with Crippen LogP contribution in [-0.2, 0) is 6.42 Å². The van der Waals surface area contributed by atoms with Crippen LogP contribution in [0, 0.1) is 0 Å². The molecule has 0 unspecified atom stereocenters. The summed E-state index contributed by atoms with van der Waals surface area (Å²) < 4.78 is 5.31. The molecule has 18 heavy (non-hydrogen) atoms. The molecule has 0 atom stereocenters. The van der Waals surface area contributed by atoms with Gasteiger partial charge in [-0.3, -0.25) is 0 Å². The van der Waals surface area contributed by atoms with Crippen LogP contribution in [0.4, 0.5) is 0 Å². The Kier molecular flexibility index (Phi) is 3.76. The predicted molar refractivity (Wildman–Crippen MR) is 72.2 cm³/mol. The molecular formula is C12H9Cl3O3. The summed E-state index contributed by atoms with van der Waals surface area (Å²) in [5.41, 5.74) is 0.807. The molecule has 96 valence electrons. The van der Waals surface area contributed by atoms with Gasteiger partial charge in [0, 0.05) is 10.9 Å². The third-order valence-corrected chi connectivity index (χ3v) is 3.67. The summed E-state index contributed by atoms with van der Waals surface area (Å²) in [5.74, 6) is -1.27. The van der Waals surface area contributed by atoms with Gasteiger partial charge in [-0.1, -0.05) is 48.1 Å². The number of halogens is 3. The normalized spacial score (nSPS) is 11.1. The van der Waals surface area contributed by atoms with Gasteiger partial charge in [0.1, 0.15) is 0 Å². The number of aryl methyl sites for hydroxylation is 1. The lowest BCUT2D eigenvalue weighted by Crippen LogP contribution is -1.98. The van der Waals surface area contributed by atoms with E-state index < -0.39 is 5.97 Å². The highest BCUT2D eigenvalue weighted by Gasteiger charge is 2.24. The van der Waals surface area contributed by atoms with E-state index in [1.54, 1.807) is 0 Å². The summed E-state index contributed by atoms with van der Waals surface area (Å²) in [5, 5.41) is 10.4. The number of furan rings is 1.